The first kappa shape index (κ1) is 11.0. The Morgan fingerprint density at radius 1 is 0.950 bits per heavy atom. The van der Waals surface area contributed by atoms with Gasteiger partial charge in [-0.05, 0) is 18.2 Å². The van der Waals surface area contributed by atoms with Crippen LogP contribution in [-0.2, 0) is 0 Å². The minimum atomic E-state index is -0.369. The first-order valence-electron chi connectivity index (χ1n) is 6.30. The molecule has 0 unspecified atom stereocenters. The Morgan fingerprint density at radius 2 is 1.70 bits per heavy atom. The van der Waals surface area contributed by atoms with Gasteiger partial charge in [0.2, 0.25) is 5.89 Å². The van der Waals surface area contributed by atoms with Gasteiger partial charge in [0.05, 0.1) is 0 Å². The first-order valence-corrected chi connectivity index (χ1v) is 6.30. The van der Waals surface area contributed by atoms with Crippen molar-refractivity contribution >= 4 is 21.9 Å². The molecule has 4 nitrogen and oxygen atoms in total. The van der Waals surface area contributed by atoms with E-state index in [1.807, 2.05) is 54.6 Å². The second-order valence-electron chi connectivity index (χ2n) is 4.57. The smallest absolute Gasteiger partial charge is 0.349 e. The predicted molar refractivity (Wildman–Crippen MR) is 77.6 cm³/mol. The quantitative estimate of drug-likeness (QED) is 0.572. The molecular weight excluding hydrogens is 252 g/mol. The average Bonchev–Trinajstić information content (AvgIpc) is 2.87. The van der Waals surface area contributed by atoms with E-state index in [9.17, 15) is 4.79 Å². The van der Waals surface area contributed by atoms with E-state index in [0.29, 0.717) is 16.9 Å². The van der Waals surface area contributed by atoms with Crippen molar-refractivity contribution < 1.29 is 4.42 Å². The molecule has 0 aliphatic rings. The number of aromatic nitrogens is 2. The molecule has 2 aromatic carbocycles. The SMILES string of the molecule is O=c1oc(-c2ccccc2)nc2[nH]c3ccccc3c12. The van der Waals surface area contributed by atoms with Crippen LogP contribution in [0.25, 0.3) is 33.4 Å². The summed E-state index contributed by atoms with van der Waals surface area (Å²) in [5, 5.41) is 1.34. The molecule has 0 aliphatic carbocycles. The molecule has 2 aromatic heterocycles. The summed E-state index contributed by atoms with van der Waals surface area (Å²) in [6.07, 6.45) is 0. The summed E-state index contributed by atoms with van der Waals surface area (Å²) in [6.45, 7) is 0. The summed E-state index contributed by atoms with van der Waals surface area (Å²) in [5.74, 6) is 0.328. The molecule has 0 saturated carbocycles. The maximum atomic E-state index is 12.2. The summed E-state index contributed by atoms with van der Waals surface area (Å²) in [5.41, 5.74) is 1.85. The number of nitrogens with zero attached hydrogens (tertiary/aromatic N) is 1. The number of fused-ring (bicyclic) bond motifs is 3. The number of nitrogens with one attached hydrogen (secondary N) is 1. The van der Waals surface area contributed by atoms with Crippen molar-refractivity contribution in [3.8, 4) is 11.5 Å². The molecule has 4 aromatic rings. The molecule has 0 bridgehead atoms. The molecule has 96 valence electrons. The number of H-pyrrole nitrogens is 1. The zero-order chi connectivity index (χ0) is 13.5. The Labute approximate surface area is 113 Å². The molecule has 20 heavy (non-hydrogen) atoms. The van der Waals surface area contributed by atoms with Crippen LogP contribution in [0.1, 0.15) is 0 Å². The highest BCUT2D eigenvalue weighted by molar-refractivity contribution is 6.05. The average molecular weight is 262 g/mol. The highest BCUT2D eigenvalue weighted by atomic mass is 16.4. The van der Waals surface area contributed by atoms with Gasteiger partial charge in [-0.1, -0.05) is 36.4 Å². The van der Waals surface area contributed by atoms with E-state index in [1.165, 1.54) is 0 Å². The molecule has 0 aliphatic heterocycles. The summed E-state index contributed by atoms with van der Waals surface area (Å²) in [7, 11) is 0. The lowest BCUT2D eigenvalue weighted by Gasteiger charge is -1.98. The zero-order valence-electron chi connectivity index (χ0n) is 10.5. The minimum Gasteiger partial charge on any atom is -0.403 e. The predicted octanol–water partition coefficient (Wildman–Crippen LogP) is 3.34. The normalized spacial score (nSPS) is 11.2. The van der Waals surface area contributed by atoms with Crippen LogP contribution in [0.15, 0.2) is 63.8 Å². The molecular formula is C16H10N2O2. The molecule has 0 radical (unpaired) electrons. The molecule has 2 heterocycles. The van der Waals surface area contributed by atoms with E-state index < -0.39 is 0 Å². The van der Waals surface area contributed by atoms with Crippen LogP contribution >= 0.6 is 0 Å². The van der Waals surface area contributed by atoms with Crippen LogP contribution in [-0.4, -0.2) is 9.97 Å². The fraction of sp³-hybridized carbons (Fsp3) is 0. The minimum absolute atomic E-state index is 0.328. The largest absolute Gasteiger partial charge is 0.403 e. The lowest BCUT2D eigenvalue weighted by molar-refractivity contribution is 0.518. The number of hydrogen-bond acceptors (Lipinski definition) is 3. The number of rotatable bonds is 1. The second kappa shape index (κ2) is 4.06. The van der Waals surface area contributed by atoms with Crippen LogP contribution < -0.4 is 5.63 Å². The number of para-hydroxylation sites is 1. The van der Waals surface area contributed by atoms with Crippen LogP contribution in [0.2, 0.25) is 0 Å². The third kappa shape index (κ3) is 1.55. The van der Waals surface area contributed by atoms with Crippen molar-refractivity contribution in [2.75, 3.05) is 0 Å². The van der Waals surface area contributed by atoms with E-state index in [0.717, 1.165) is 16.5 Å². The summed E-state index contributed by atoms with van der Waals surface area (Å²) in [4.78, 5) is 19.8. The van der Waals surface area contributed by atoms with Gasteiger partial charge < -0.3 is 9.40 Å². The van der Waals surface area contributed by atoms with Crippen molar-refractivity contribution in [3.05, 3.63) is 65.0 Å². The van der Waals surface area contributed by atoms with Gasteiger partial charge in [0, 0.05) is 16.5 Å². The summed E-state index contributed by atoms with van der Waals surface area (Å²) < 4.78 is 5.36. The van der Waals surface area contributed by atoms with Crippen molar-refractivity contribution in [2.45, 2.75) is 0 Å². The van der Waals surface area contributed by atoms with Crippen molar-refractivity contribution in [1.82, 2.24) is 9.97 Å². The standard InChI is InChI=1S/C16H10N2O2/c19-16-13-11-8-4-5-9-12(11)17-14(13)18-15(20-16)10-6-2-1-3-7-10/h1-9,17H. The van der Waals surface area contributed by atoms with Crippen molar-refractivity contribution in [2.24, 2.45) is 0 Å². The van der Waals surface area contributed by atoms with E-state index in [4.69, 9.17) is 4.42 Å². The van der Waals surface area contributed by atoms with Gasteiger partial charge in [0.15, 0.2) is 0 Å². The van der Waals surface area contributed by atoms with Gasteiger partial charge in [0.1, 0.15) is 11.0 Å². The number of aromatic amines is 1. The Bertz CT molecular complexity index is 968. The topological polar surface area (TPSA) is 58.9 Å². The molecule has 0 amide bonds. The van der Waals surface area contributed by atoms with Gasteiger partial charge >= 0.3 is 5.63 Å². The Kier molecular flexibility index (Phi) is 2.23. The van der Waals surface area contributed by atoms with E-state index in [1.54, 1.807) is 0 Å². The third-order valence-corrected chi connectivity index (χ3v) is 3.31. The van der Waals surface area contributed by atoms with Crippen LogP contribution in [0, 0.1) is 0 Å². The Balaban J connectivity index is 2.09. The maximum Gasteiger partial charge on any atom is 0.349 e. The van der Waals surface area contributed by atoms with Crippen molar-refractivity contribution in [1.29, 1.82) is 0 Å². The Hall–Kier alpha value is -2.88. The fourth-order valence-electron chi connectivity index (χ4n) is 2.39. The summed E-state index contributed by atoms with van der Waals surface area (Å²) in [6, 6.07) is 17.0. The highest BCUT2D eigenvalue weighted by Gasteiger charge is 2.13. The van der Waals surface area contributed by atoms with E-state index in [2.05, 4.69) is 9.97 Å². The fourth-order valence-corrected chi connectivity index (χ4v) is 2.39. The van der Waals surface area contributed by atoms with E-state index >= 15 is 0 Å². The van der Waals surface area contributed by atoms with Crippen LogP contribution in [0.5, 0.6) is 0 Å². The van der Waals surface area contributed by atoms with Crippen LogP contribution in [0.3, 0.4) is 0 Å². The monoisotopic (exact) mass is 262 g/mol. The Morgan fingerprint density at radius 3 is 2.55 bits per heavy atom. The first-order chi connectivity index (χ1) is 9.83. The van der Waals surface area contributed by atoms with Gasteiger partial charge in [-0.25, -0.2) is 4.79 Å². The van der Waals surface area contributed by atoms with Gasteiger partial charge in [0.25, 0.3) is 0 Å². The molecule has 0 fully saturated rings. The molecule has 0 spiro atoms. The highest BCUT2D eigenvalue weighted by Crippen LogP contribution is 2.23. The van der Waals surface area contributed by atoms with Crippen molar-refractivity contribution in [3.63, 3.8) is 0 Å². The second-order valence-corrected chi connectivity index (χ2v) is 4.57. The maximum absolute atomic E-state index is 12.2. The van der Waals surface area contributed by atoms with Gasteiger partial charge in [-0.2, -0.15) is 4.98 Å². The number of hydrogen-bond donors (Lipinski definition) is 1. The van der Waals surface area contributed by atoms with Crippen LogP contribution in [0.4, 0.5) is 0 Å². The summed E-state index contributed by atoms with van der Waals surface area (Å²) >= 11 is 0. The molecule has 0 saturated heterocycles. The molecule has 1 N–H and O–H groups in total. The lowest BCUT2D eigenvalue weighted by atomic mass is 10.2. The lowest BCUT2D eigenvalue weighted by Crippen LogP contribution is -2.01. The number of benzene rings is 2. The molecule has 0 atom stereocenters. The molecule has 4 rings (SSSR count). The van der Waals surface area contributed by atoms with E-state index in [-0.39, 0.29) is 5.63 Å². The van der Waals surface area contributed by atoms with Gasteiger partial charge in [-0.15, -0.1) is 0 Å². The third-order valence-electron chi connectivity index (χ3n) is 3.31. The molecule has 4 heteroatoms. The van der Waals surface area contributed by atoms with Gasteiger partial charge in [-0.3, -0.25) is 0 Å². The zero-order valence-corrected chi connectivity index (χ0v) is 10.5.